The van der Waals surface area contributed by atoms with E-state index in [0.29, 0.717) is 32.0 Å². The molecule has 1 amide bonds. The van der Waals surface area contributed by atoms with Gasteiger partial charge < -0.3 is 28.8 Å². The number of amides is 1. The fourth-order valence-electron chi connectivity index (χ4n) is 2.56. The molecule has 0 aliphatic carbocycles. The van der Waals surface area contributed by atoms with Crippen molar-refractivity contribution in [2.24, 2.45) is 0 Å². The monoisotopic (exact) mass is 346 g/mol. The zero-order valence-corrected chi connectivity index (χ0v) is 14.2. The van der Waals surface area contributed by atoms with Crippen LogP contribution >= 0.6 is 0 Å². The van der Waals surface area contributed by atoms with Crippen molar-refractivity contribution in [3.8, 4) is 11.5 Å². The van der Waals surface area contributed by atoms with Gasteiger partial charge in [-0.1, -0.05) is 6.07 Å². The van der Waals surface area contributed by atoms with Crippen molar-refractivity contribution >= 4 is 5.91 Å². The maximum absolute atomic E-state index is 12.6. The number of carbonyl (C=O) groups is 1. The lowest BCUT2D eigenvalue weighted by atomic mass is 10.2. The van der Waals surface area contributed by atoms with Crippen LogP contribution in [0, 0.1) is 0 Å². The van der Waals surface area contributed by atoms with Crippen molar-refractivity contribution in [2.45, 2.75) is 13.1 Å². The predicted molar refractivity (Wildman–Crippen MR) is 90.3 cm³/mol. The third kappa shape index (κ3) is 4.74. The lowest BCUT2D eigenvalue weighted by Crippen LogP contribution is -2.38. The van der Waals surface area contributed by atoms with Crippen LogP contribution in [0.25, 0.3) is 0 Å². The van der Waals surface area contributed by atoms with Crippen molar-refractivity contribution in [2.75, 3.05) is 33.6 Å². The van der Waals surface area contributed by atoms with Crippen molar-refractivity contribution in [1.29, 1.82) is 0 Å². The molecule has 1 aliphatic rings. The highest BCUT2D eigenvalue weighted by Crippen LogP contribution is 2.32. The van der Waals surface area contributed by atoms with Gasteiger partial charge in [-0.05, 0) is 29.8 Å². The molecule has 7 nitrogen and oxygen atoms in total. The molecule has 0 atom stereocenters. The van der Waals surface area contributed by atoms with E-state index in [1.165, 1.54) is 0 Å². The Balaban J connectivity index is 1.66. The van der Waals surface area contributed by atoms with Gasteiger partial charge in [0.15, 0.2) is 11.5 Å². The van der Waals surface area contributed by atoms with Gasteiger partial charge in [-0.25, -0.2) is 0 Å². The van der Waals surface area contributed by atoms with E-state index >= 15 is 0 Å². The number of hydrogen-bond acceptors (Lipinski definition) is 6. The molecule has 1 aliphatic heterocycles. The van der Waals surface area contributed by atoms with Crippen molar-refractivity contribution < 1.29 is 23.4 Å². The number of furan rings is 1. The average molecular weight is 346 g/mol. The van der Waals surface area contributed by atoms with Crippen LogP contribution in [0.2, 0.25) is 0 Å². The molecule has 1 N–H and O–H groups in total. The SMILES string of the molecule is COCCNCC(=O)N(Cc1ccc2c(c1)OCO2)Cc1ccco1. The Morgan fingerprint density at radius 3 is 2.92 bits per heavy atom. The standard InChI is InChI=1S/C18H22N2O5/c1-22-8-6-19-10-18(21)20(12-15-3-2-7-23-15)11-14-4-5-16-17(9-14)25-13-24-16/h2-5,7,9,19H,6,8,10-13H2,1H3. The highest BCUT2D eigenvalue weighted by Gasteiger charge is 2.18. The largest absolute Gasteiger partial charge is 0.467 e. The first-order valence-electron chi connectivity index (χ1n) is 8.14. The summed E-state index contributed by atoms with van der Waals surface area (Å²) >= 11 is 0. The van der Waals surface area contributed by atoms with Crippen LogP contribution in [0.5, 0.6) is 11.5 Å². The molecule has 2 heterocycles. The first-order chi connectivity index (χ1) is 12.3. The minimum Gasteiger partial charge on any atom is -0.467 e. The zero-order valence-electron chi connectivity index (χ0n) is 14.2. The number of ether oxygens (including phenoxy) is 3. The Hall–Kier alpha value is -2.51. The van der Waals surface area contributed by atoms with Gasteiger partial charge in [0, 0.05) is 20.2 Å². The minimum absolute atomic E-state index is 0.00910. The van der Waals surface area contributed by atoms with E-state index in [-0.39, 0.29) is 19.2 Å². The molecule has 0 saturated heterocycles. The van der Waals surface area contributed by atoms with Crippen molar-refractivity contribution in [1.82, 2.24) is 10.2 Å². The number of nitrogens with one attached hydrogen (secondary N) is 1. The van der Waals surface area contributed by atoms with E-state index in [9.17, 15) is 4.79 Å². The fraction of sp³-hybridized carbons (Fsp3) is 0.389. The van der Waals surface area contributed by atoms with Crippen LogP contribution in [0.15, 0.2) is 41.0 Å². The third-order valence-electron chi connectivity index (χ3n) is 3.85. The second-order valence-corrected chi connectivity index (χ2v) is 5.69. The van der Waals surface area contributed by atoms with E-state index in [1.807, 2.05) is 30.3 Å². The maximum Gasteiger partial charge on any atom is 0.237 e. The van der Waals surface area contributed by atoms with Crippen molar-refractivity contribution in [3.63, 3.8) is 0 Å². The smallest absolute Gasteiger partial charge is 0.237 e. The highest BCUT2D eigenvalue weighted by molar-refractivity contribution is 5.78. The summed E-state index contributed by atoms with van der Waals surface area (Å²) in [5.74, 6) is 2.17. The normalized spacial score (nSPS) is 12.4. The van der Waals surface area contributed by atoms with Crippen LogP contribution in [-0.2, 0) is 22.6 Å². The van der Waals surface area contributed by atoms with Crippen LogP contribution in [0.4, 0.5) is 0 Å². The summed E-state index contributed by atoms with van der Waals surface area (Å²) in [5.41, 5.74) is 0.973. The van der Waals surface area contributed by atoms with Crippen molar-refractivity contribution in [3.05, 3.63) is 47.9 Å². The molecule has 2 aromatic rings. The lowest BCUT2D eigenvalue weighted by Gasteiger charge is -2.22. The molecule has 1 aromatic heterocycles. The minimum atomic E-state index is -0.00910. The van der Waals surface area contributed by atoms with Gasteiger partial charge in [0.1, 0.15) is 5.76 Å². The molecule has 0 spiro atoms. The second-order valence-electron chi connectivity index (χ2n) is 5.69. The number of rotatable bonds is 9. The van der Waals surface area contributed by atoms with E-state index < -0.39 is 0 Å². The van der Waals surface area contributed by atoms with Crippen LogP contribution in [-0.4, -0.2) is 44.4 Å². The number of carbonyl (C=O) groups excluding carboxylic acids is 1. The van der Waals surface area contributed by atoms with Crippen LogP contribution < -0.4 is 14.8 Å². The zero-order chi connectivity index (χ0) is 17.5. The topological polar surface area (TPSA) is 73.2 Å². The van der Waals surface area contributed by atoms with E-state index in [2.05, 4.69) is 5.32 Å². The molecule has 7 heteroatoms. The highest BCUT2D eigenvalue weighted by atomic mass is 16.7. The van der Waals surface area contributed by atoms with E-state index in [4.69, 9.17) is 18.6 Å². The summed E-state index contributed by atoms with van der Waals surface area (Å²) in [4.78, 5) is 14.3. The summed E-state index contributed by atoms with van der Waals surface area (Å²) in [7, 11) is 1.63. The predicted octanol–water partition coefficient (Wildman–Crippen LogP) is 1.77. The number of hydrogen-bond donors (Lipinski definition) is 1. The van der Waals surface area contributed by atoms with E-state index in [1.54, 1.807) is 18.3 Å². The molecule has 0 bridgehead atoms. The lowest BCUT2D eigenvalue weighted by molar-refractivity contribution is -0.131. The second kappa shape index (κ2) is 8.55. The van der Waals surface area contributed by atoms with Crippen LogP contribution in [0.1, 0.15) is 11.3 Å². The summed E-state index contributed by atoms with van der Waals surface area (Å²) < 4.78 is 21.1. The summed E-state index contributed by atoms with van der Waals surface area (Å²) in [5, 5.41) is 3.08. The van der Waals surface area contributed by atoms with Gasteiger partial charge in [0.25, 0.3) is 0 Å². The summed E-state index contributed by atoms with van der Waals surface area (Å²) in [6.45, 7) is 2.54. The van der Waals surface area contributed by atoms with Crippen LogP contribution in [0.3, 0.4) is 0 Å². The van der Waals surface area contributed by atoms with Gasteiger partial charge in [0.2, 0.25) is 12.7 Å². The number of nitrogens with zero attached hydrogens (tertiary/aromatic N) is 1. The first kappa shape index (κ1) is 17.3. The molecule has 134 valence electrons. The molecular weight excluding hydrogens is 324 g/mol. The Kier molecular flexibility index (Phi) is 5.92. The average Bonchev–Trinajstić information content (AvgIpc) is 3.29. The quantitative estimate of drug-likeness (QED) is 0.698. The maximum atomic E-state index is 12.6. The number of fused-ring (bicyclic) bond motifs is 1. The molecular formula is C18H22N2O5. The Morgan fingerprint density at radius 1 is 1.24 bits per heavy atom. The summed E-state index contributed by atoms with van der Waals surface area (Å²) in [6.07, 6.45) is 1.61. The number of methoxy groups -OCH3 is 1. The molecule has 0 fully saturated rings. The third-order valence-corrected chi connectivity index (χ3v) is 3.85. The van der Waals surface area contributed by atoms with Gasteiger partial charge in [0.05, 0.1) is 26.0 Å². The van der Waals surface area contributed by atoms with Gasteiger partial charge in [-0.2, -0.15) is 0 Å². The van der Waals surface area contributed by atoms with Gasteiger partial charge >= 0.3 is 0 Å². The first-order valence-corrected chi connectivity index (χ1v) is 8.14. The molecule has 3 rings (SSSR count). The van der Waals surface area contributed by atoms with Gasteiger partial charge in [-0.15, -0.1) is 0 Å². The Bertz CT molecular complexity index is 687. The Morgan fingerprint density at radius 2 is 2.12 bits per heavy atom. The molecule has 0 saturated carbocycles. The number of benzene rings is 1. The summed E-state index contributed by atoms with van der Waals surface area (Å²) in [6, 6.07) is 9.38. The fourth-order valence-corrected chi connectivity index (χ4v) is 2.56. The molecule has 1 aromatic carbocycles. The molecule has 0 unspecified atom stereocenters. The van der Waals surface area contributed by atoms with E-state index in [0.717, 1.165) is 17.1 Å². The molecule has 0 radical (unpaired) electrons. The molecule has 25 heavy (non-hydrogen) atoms. The van der Waals surface area contributed by atoms with Gasteiger partial charge in [-0.3, -0.25) is 4.79 Å². The Labute approximate surface area is 146 Å².